The average molecular weight is 501 g/mol. The second kappa shape index (κ2) is 11.2. The molecule has 0 aliphatic carbocycles. The van der Waals surface area contributed by atoms with Crippen molar-refractivity contribution in [2.24, 2.45) is 0 Å². The Labute approximate surface area is 221 Å². The summed E-state index contributed by atoms with van der Waals surface area (Å²) in [5.74, 6) is -0.129. The largest absolute Gasteiger partial charge is 0.496 e. The van der Waals surface area contributed by atoms with Crippen LogP contribution in [0.5, 0.6) is 5.75 Å². The van der Waals surface area contributed by atoms with Gasteiger partial charge in [-0.05, 0) is 34.1 Å². The molecule has 0 radical (unpaired) electrons. The molecule has 0 spiro atoms. The molecule has 0 fully saturated rings. The van der Waals surface area contributed by atoms with Crippen LogP contribution in [-0.2, 0) is 15.6 Å². The van der Waals surface area contributed by atoms with Crippen molar-refractivity contribution in [3.05, 3.63) is 101 Å². The Kier molecular flexibility index (Phi) is 8.47. The van der Waals surface area contributed by atoms with Crippen LogP contribution in [0.25, 0.3) is 0 Å². The molecule has 0 aliphatic rings. The van der Waals surface area contributed by atoms with E-state index in [2.05, 4.69) is 52.2 Å². The van der Waals surface area contributed by atoms with Crippen molar-refractivity contribution in [3.8, 4) is 5.75 Å². The quantitative estimate of drug-likeness (QED) is 0.420. The van der Waals surface area contributed by atoms with Crippen molar-refractivity contribution in [1.29, 1.82) is 0 Å². The summed E-state index contributed by atoms with van der Waals surface area (Å²) in [5.41, 5.74) is 3.80. The molecule has 1 atom stereocenters. The molecule has 0 aliphatic heterocycles. The van der Waals surface area contributed by atoms with Crippen molar-refractivity contribution >= 4 is 11.8 Å². The van der Waals surface area contributed by atoms with Gasteiger partial charge in [0.2, 0.25) is 5.91 Å². The van der Waals surface area contributed by atoms with Crippen molar-refractivity contribution < 1.29 is 14.3 Å². The predicted molar refractivity (Wildman–Crippen MR) is 150 cm³/mol. The highest BCUT2D eigenvalue weighted by Crippen LogP contribution is 2.40. The van der Waals surface area contributed by atoms with E-state index in [9.17, 15) is 9.59 Å². The number of hydrogen-bond donors (Lipinski definition) is 2. The topological polar surface area (TPSA) is 67.4 Å². The van der Waals surface area contributed by atoms with Gasteiger partial charge in [0.1, 0.15) is 11.8 Å². The summed E-state index contributed by atoms with van der Waals surface area (Å²) in [6, 6.07) is 22.6. The first kappa shape index (κ1) is 28.0. The Balaban J connectivity index is 2.14. The van der Waals surface area contributed by atoms with E-state index in [1.807, 2.05) is 72.8 Å². The van der Waals surface area contributed by atoms with Gasteiger partial charge in [0, 0.05) is 29.7 Å². The van der Waals surface area contributed by atoms with Gasteiger partial charge < -0.3 is 15.4 Å². The van der Waals surface area contributed by atoms with E-state index in [-0.39, 0.29) is 28.6 Å². The van der Waals surface area contributed by atoms with Crippen LogP contribution in [-0.4, -0.2) is 32.0 Å². The van der Waals surface area contributed by atoms with Crippen LogP contribution in [0.2, 0.25) is 0 Å². The van der Waals surface area contributed by atoms with E-state index >= 15 is 0 Å². The fourth-order valence-corrected chi connectivity index (χ4v) is 4.67. The number of amides is 2. The maximum absolute atomic E-state index is 13.9. The maximum atomic E-state index is 13.9. The van der Waals surface area contributed by atoms with Crippen LogP contribution in [0, 0.1) is 0 Å². The highest BCUT2D eigenvalue weighted by atomic mass is 16.5. The van der Waals surface area contributed by atoms with Crippen molar-refractivity contribution in [1.82, 2.24) is 10.6 Å². The van der Waals surface area contributed by atoms with Crippen LogP contribution < -0.4 is 15.4 Å². The summed E-state index contributed by atoms with van der Waals surface area (Å²) >= 11 is 0. The van der Waals surface area contributed by atoms with Gasteiger partial charge in [0.25, 0.3) is 5.91 Å². The number of benzene rings is 3. The number of nitrogens with one attached hydrogen (secondary N) is 2. The second-order valence-electron chi connectivity index (χ2n) is 11.5. The van der Waals surface area contributed by atoms with Gasteiger partial charge in [-0.25, -0.2) is 0 Å². The van der Waals surface area contributed by atoms with Gasteiger partial charge in [0.05, 0.1) is 7.11 Å². The Bertz CT molecular complexity index is 1150. The number of carbonyl (C=O) groups excluding carboxylic acids is 2. The zero-order valence-corrected chi connectivity index (χ0v) is 23.3. The van der Waals surface area contributed by atoms with E-state index in [1.165, 1.54) is 0 Å². The van der Waals surface area contributed by atoms with Gasteiger partial charge >= 0.3 is 0 Å². The average Bonchev–Trinajstić information content (AvgIpc) is 2.87. The molecule has 37 heavy (non-hydrogen) atoms. The number of hydrogen-bond acceptors (Lipinski definition) is 3. The van der Waals surface area contributed by atoms with E-state index in [0.29, 0.717) is 5.56 Å². The van der Waals surface area contributed by atoms with E-state index in [4.69, 9.17) is 4.74 Å². The summed E-state index contributed by atoms with van der Waals surface area (Å²) in [6.45, 7) is 12.6. The van der Waals surface area contributed by atoms with Crippen LogP contribution >= 0.6 is 0 Å². The molecule has 0 bridgehead atoms. The zero-order chi connectivity index (χ0) is 27.4. The van der Waals surface area contributed by atoms with Gasteiger partial charge in [-0.1, -0.05) is 102 Å². The molecule has 0 saturated carbocycles. The third-order valence-electron chi connectivity index (χ3n) is 6.64. The minimum absolute atomic E-state index is 0.252. The lowest BCUT2D eigenvalue weighted by molar-refractivity contribution is -0.122. The number of ether oxygens (including phenoxy) is 1. The molecular formula is C32H40N2O3. The van der Waals surface area contributed by atoms with E-state index < -0.39 is 6.04 Å². The van der Waals surface area contributed by atoms with Gasteiger partial charge in [-0.15, -0.1) is 0 Å². The maximum Gasteiger partial charge on any atom is 0.251 e. The van der Waals surface area contributed by atoms with Crippen molar-refractivity contribution in [2.75, 3.05) is 14.2 Å². The molecule has 2 N–H and O–H groups in total. The first-order chi connectivity index (χ1) is 17.4. The molecule has 0 aromatic heterocycles. The highest BCUT2D eigenvalue weighted by Gasteiger charge is 2.34. The first-order valence-corrected chi connectivity index (χ1v) is 12.7. The third kappa shape index (κ3) is 6.40. The molecule has 5 heteroatoms. The number of rotatable bonds is 7. The van der Waals surface area contributed by atoms with Crippen molar-refractivity contribution in [2.45, 2.75) is 64.3 Å². The lowest BCUT2D eigenvalue weighted by Gasteiger charge is -2.31. The van der Waals surface area contributed by atoms with Gasteiger partial charge in [-0.3, -0.25) is 9.59 Å². The minimum atomic E-state index is -0.819. The fraction of sp³-hybridized carbons (Fsp3) is 0.375. The van der Waals surface area contributed by atoms with Gasteiger partial charge in [-0.2, -0.15) is 0 Å². The summed E-state index contributed by atoms with van der Waals surface area (Å²) < 4.78 is 5.86. The van der Waals surface area contributed by atoms with Crippen molar-refractivity contribution in [3.63, 3.8) is 0 Å². The zero-order valence-electron chi connectivity index (χ0n) is 23.3. The van der Waals surface area contributed by atoms with Gasteiger partial charge in [0.15, 0.2) is 0 Å². The van der Waals surface area contributed by atoms with Crippen LogP contribution in [0.1, 0.15) is 80.1 Å². The molecule has 3 rings (SSSR count). The van der Waals surface area contributed by atoms with E-state index in [1.54, 1.807) is 14.2 Å². The number of methoxy groups -OCH3 is 1. The SMILES string of the molecule is CNC(=O)[C@@H](NC(=O)c1cc(C(C)(C)C)c(OC)c(C(C)(C)C)c1)C(c1ccccc1)c1ccccc1. The van der Waals surface area contributed by atoms with Crippen LogP contribution in [0.3, 0.4) is 0 Å². The number of likely N-dealkylation sites (N-methyl/N-ethyl adjacent to an activating group) is 1. The monoisotopic (exact) mass is 500 g/mol. The molecule has 2 amide bonds. The molecule has 0 saturated heterocycles. The predicted octanol–water partition coefficient (Wildman–Crippen LogP) is 5.97. The Hall–Kier alpha value is -3.60. The molecule has 0 unspecified atom stereocenters. The highest BCUT2D eigenvalue weighted by molar-refractivity contribution is 5.98. The Morgan fingerprint density at radius 3 is 1.54 bits per heavy atom. The van der Waals surface area contributed by atoms with Crippen LogP contribution in [0.4, 0.5) is 0 Å². The molecule has 5 nitrogen and oxygen atoms in total. The summed E-state index contributed by atoms with van der Waals surface area (Å²) in [4.78, 5) is 27.1. The standard InChI is InChI=1S/C32H40N2O3/c1-31(2,3)24-19-23(20-25(28(24)37-8)32(4,5)6)29(35)34-27(30(36)33-7)26(21-15-11-9-12-16-21)22-17-13-10-14-18-22/h9-20,26-27H,1-8H3,(H,33,36)(H,34,35)/t27-/m0/s1. The molecular weight excluding hydrogens is 460 g/mol. The summed E-state index contributed by atoms with van der Waals surface area (Å²) in [6.07, 6.45) is 0. The normalized spacial score (nSPS) is 12.7. The number of carbonyl (C=O) groups is 2. The third-order valence-corrected chi connectivity index (χ3v) is 6.64. The minimum Gasteiger partial charge on any atom is -0.496 e. The smallest absolute Gasteiger partial charge is 0.251 e. The molecule has 196 valence electrons. The fourth-order valence-electron chi connectivity index (χ4n) is 4.67. The van der Waals surface area contributed by atoms with E-state index in [0.717, 1.165) is 28.0 Å². The molecule has 3 aromatic rings. The first-order valence-electron chi connectivity index (χ1n) is 12.7. The lowest BCUT2D eigenvalue weighted by atomic mass is 9.78. The molecule has 3 aromatic carbocycles. The lowest BCUT2D eigenvalue weighted by Crippen LogP contribution is -2.49. The van der Waals surface area contributed by atoms with Crippen LogP contribution in [0.15, 0.2) is 72.8 Å². The Morgan fingerprint density at radius 1 is 0.757 bits per heavy atom. The second-order valence-corrected chi connectivity index (χ2v) is 11.5. The molecule has 0 heterocycles. The summed E-state index contributed by atoms with van der Waals surface area (Å²) in [5, 5.41) is 5.84. The summed E-state index contributed by atoms with van der Waals surface area (Å²) in [7, 11) is 3.27. The Morgan fingerprint density at radius 2 is 1.19 bits per heavy atom.